The number of amides is 1. The number of fused-ring (bicyclic) bond motifs is 1. The summed E-state index contributed by atoms with van der Waals surface area (Å²) < 4.78 is 5.46. The standard InChI is InChI=1S/C19H28N4O2/c20-19(22-15-8-3-1-2-4-9-15)21-12-7-13-23-16-10-5-6-11-17(16)25-14-18(23)24/h5-6,10-11,15H,1-4,7-9,12-14H2,(H3,20,21,22). The number of benzene rings is 1. The molecule has 0 bridgehead atoms. The second kappa shape index (κ2) is 8.74. The number of nitrogens with two attached hydrogens (primary N) is 1. The summed E-state index contributed by atoms with van der Waals surface area (Å²) in [5.41, 5.74) is 6.86. The molecule has 1 aliphatic carbocycles. The maximum absolute atomic E-state index is 12.1. The lowest BCUT2D eigenvalue weighted by atomic mass is 10.1. The Morgan fingerprint density at radius 1 is 1.24 bits per heavy atom. The molecule has 2 aliphatic rings. The van der Waals surface area contributed by atoms with Gasteiger partial charge in [-0.05, 0) is 31.4 Å². The molecule has 0 atom stereocenters. The molecule has 0 radical (unpaired) electrons. The highest BCUT2D eigenvalue weighted by Crippen LogP contribution is 2.31. The summed E-state index contributed by atoms with van der Waals surface area (Å²) in [7, 11) is 0. The minimum atomic E-state index is -0.00719. The highest BCUT2D eigenvalue weighted by atomic mass is 16.5. The highest BCUT2D eigenvalue weighted by molar-refractivity contribution is 5.97. The van der Waals surface area contributed by atoms with Crippen LogP contribution in [0.1, 0.15) is 44.9 Å². The number of nitrogens with one attached hydrogen (secondary N) is 1. The molecule has 1 saturated carbocycles. The maximum Gasteiger partial charge on any atom is 0.265 e. The van der Waals surface area contributed by atoms with Crippen LogP contribution >= 0.6 is 0 Å². The van der Waals surface area contributed by atoms with Gasteiger partial charge in [0, 0.05) is 19.1 Å². The number of hydrogen-bond acceptors (Lipinski definition) is 3. The van der Waals surface area contributed by atoms with E-state index in [0.29, 0.717) is 25.1 Å². The number of anilines is 1. The van der Waals surface area contributed by atoms with Crippen molar-refractivity contribution < 1.29 is 9.53 Å². The van der Waals surface area contributed by atoms with E-state index in [0.717, 1.165) is 17.9 Å². The topological polar surface area (TPSA) is 80.0 Å². The van der Waals surface area contributed by atoms with E-state index in [-0.39, 0.29) is 12.5 Å². The van der Waals surface area contributed by atoms with Gasteiger partial charge in [-0.1, -0.05) is 37.8 Å². The first-order valence-electron chi connectivity index (χ1n) is 9.32. The predicted molar refractivity (Wildman–Crippen MR) is 100 cm³/mol. The van der Waals surface area contributed by atoms with Crippen LogP contribution in [0.25, 0.3) is 0 Å². The van der Waals surface area contributed by atoms with Crippen LogP contribution in [0, 0.1) is 0 Å². The van der Waals surface area contributed by atoms with Crippen molar-refractivity contribution >= 4 is 17.6 Å². The molecule has 136 valence electrons. The summed E-state index contributed by atoms with van der Waals surface area (Å²) >= 11 is 0. The zero-order valence-corrected chi connectivity index (χ0v) is 14.7. The van der Waals surface area contributed by atoms with Gasteiger partial charge in [0.05, 0.1) is 5.69 Å². The van der Waals surface area contributed by atoms with Gasteiger partial charge in [0.15, 0.2) is 12.6 Å². The Bertz CT molecular complexity index is 609. The van der Waals surface area contributed by atoms with Crippen molar-refractivity contribution in [3.05, 3.63) is 24.3 Å². The number of nitrogens with zero attached hydrogens (tertiary/aromatic N) is 2. The first-order chi connectivity index (χ1) is 12.2. The second-order valence-electron chi connectivity index (χ2n) is 6.76. The smallest absolute Gasteiger partial charge is 0.265 e. The lowest BCUT2D eigenvalue weighted by Crippen LogP contribution is -2.40. The minimum absolute atomic E-state index is 0.00719. The van der Waals surface area contributed by atoms with E-state index in [1.807, 2.05) is 24.3 Å². The monoisotopic (exact) mass is 344 g/mol. The Hall–Kier alpha value is -2.24. The van der Waals surface area contributed by atoms with Gasteiger partial charge in [0.1, 0.15) is 5.75 Å². The molecule has 0 saturated heterocycles. The summed E-state index contributed by atoms with van der Waals surface area (Å²) in [6.45, 7) is 1.34. The van der Waals surface area contributed by atoms with Crippen molar-refractivity contribution in [3.8, 4) is 5.75 Å². The van der Waals surface area contributed by atoms with E-state index in [2.05, 4.69) is 10.3 Å². The lowest BCUT2D eigenvalue weighted by Gasteiger charge is -2.29. The van der Waals surface area contributed by atoms with Gasteiger partial charge >= 0.3 is 0 Å². The van der Waals surface area contributed by atoms with Crippen LogP contribution in [0.3, 0.4) is 0 Å². The fraction of sp³-hybridized carbons (Fsp3) is 0.579. The molecule has 1 aromatic carbocycles. The normalized spacial score (nSPS) is 19.1. The fourth-order valence-electron chi connectivity index (χ4n) is 3.51. The van der Waals surface area contributed by atoms with E-state index >= 15 is 0 Å². The molecule has 6 nitrogen and oxygen atoms in total. The number of guanidine groups is 1. The molecule has 1 amide bonds. The zero-order chi connectivity index (χ0) is 17.5. The van der Waals surface area contributed by atoms with Crippen LogP contribution < -0.4 is 20.7 Å². The predicted octanol–water partition coefficient (Wildman–Crippen LogP) is 2.43. The number of hydrogen-bond donors (Lipinski definition) is 2. The summed E-state index contributed by atoms with van der Waals surface area (Å²) in [6.07, 6.45) is 8.30. The Kier molecular flexibility index (Phi) is 6.14. The van der Waals surface area contributed by atoms with Crippen molar-refractivity contribution in [2.75, 3.05) is 24.6 Å². The van der Waals surface area contributed by atoms with E-state index in [4.69, 9.17) is 10.5 Å². The van der Waals surface area contributed by atoms with Gasteiger partial charge in [0.25, 0.3) is 5.91 Å². The van der Waals surface area contributed by atoms with Crippen LogP contribution in [0.2, 0.25) is 0 Å². The summed E-state index contributed by atoms with van der Waals surface area (Å²) in [5.74, 6) is 1.29. The van der Waals surface area contributed by atoms with Crippen LogP contribution in [0.15, 0.2) is 29.3 Å². The molecule has 1 aromatic rings. The lowest BCUT2D eigenvalue weighted by molar-refractivity contribution is -0.121. The van der Waals surface area contributed by atoms with Crippen molar-refractivity contribution in [2.24, 2.45) is 10.7 Å². The van der Waals surface area contributed by atoms with Crippen LogP contribution in [0.4, 0.5) is 5.69 Å². The molecule has 6 heteroatoms. The first kappa shape index (κ1) is 17.6. The number of carbonyl (C=O) groups excluding carboxylic acids is 1. The fourth-order valence-corrected chi connectivity index (χ4v) is 3.51. The molecule has 1 fully saturated rings. The molecule has 0 unspecified atom stereocenters. The Labute approximate surface area is 149 Å². The third-order valence-electron chi connectivity index (χ3n) is 4.84. The number of ether oxygens (including phenoxy) is 1. The SMILES string of the molecule is NC(=NCCCN1C(=O)COc2ccccc21)NC1CCCCCC1. The maximum atomic E-state index is 12.1. The van der Waals surface area contributed by atoms with Crippen molar-refractivity contribution in [1.82, 2.24) is 5.32 Å². The molecule has 1 heterocycles. The van der Waals surface area contributed by atoms with E-state index in [1.54, 1.807) is 4.90 Å². The van der Waals surface area contributed by atoms with Crippen LogP contribution in [0.5, 0.6) is 5.75 Å². The van der Waals surface area contributed by atoms with Gasteiger partial charge in [-0.15, -0.1) is 0 Å². The van der Waals surface area contributed by atoms with E-state index in [1.165, 1.54) is 38.5 Å². The third kappa shape index (κ3) is 4.87. The zero-order valence-electron chi connectivity index (χ0n) is 14.7. The van der Waals surface area contributed by atoms with Gasteiger partial charge in [-0.3, -0.25) is 9.79 Å². The van der Waals surface area contributed by atoms with Crippen LogP contribution in [-0.2, 0) is 4.79 Å². The first-order valence-corrected chi connectivity index (χ1v) is 9.32. The molecule has 25 heavy (non-hydrogen) atoms. The average molecular weight is 344 g/mol. The van der Waals surface area contributed by atoms with Crippen molar-refractivity contribution in [3.63, 3.8) is 0 Å². The molecule has 0 aromatic heterocycles. The quantitative estimate of drug-likeness (QED) is 0.372. The van der Waals surface area contributed by atoms with Crippen molar-refractivity contribution in [2.45, 2.75) is 51.0 Å². The van der Waals surface area contributed by atoms with E-state index < -0.39 is 0 Å². The molecule has 3 rings (SSSR count). The summed E-state index contributed by atoms with van der Waals surface area (Å²) in [5, 5.41) is 3.35. The average Bonchev–Trinajstić information content (AvgIpc) is 2.89. The molecular weight excluding hydrogens is 316 g/mol. The largest absolute Gasteiger partial charge is 0.482 e. The van der Waals surface area contributed by atoms with Gasteiger partial charge < -0.3 is 20.7 Å². The number of para-hydroxylation sites is 2. The number of aliphatic imine (C=N–C) groups is 1. The Morgan fingerprint density at radius 3 is 2.80 bits per heavy atom. The third-order valence-corrected chi connectivity index (χ3v) is 4.84. The van der Waals surface area contributed by atoms with Crippen molar-refractivity contribution in [1.29, 1.82) is 0 Å². The molecular formula is C19H28N4O2. The summed E-state index contributed by atoms with van der Waals surface area (Å²) in [4.78, 5) is 18.3. The second-order valence-corrected chi connectivity index (χ2v) is 6.76. The minimum Gasteiger partial charge on any atom is -0.482 e. The molecule has 0 spiro atoms. The van der Waals surface area contributed by atoms with Gasteiger partial charge in [-0.2, -0.15) is 0 Å². The number of carbonyl (C=O) groups is 1. The summed E-state index contributed by atoms with van der Waals surface area (Å²) in [6, 6.07) is 8.09. The van der Waals surface area contributed by atoms with E-state index in [9.17, 15) is 4.79 Å². The highest BCUT2D eigenvalue weighted by Gasteiger charge is 2.24. The van der Waals surface area contributed by atoms with Gasteiger partial charge in [-0.25, -0.2) is 0 Å². The van der Waals surface area contributed by atoms with Crippen LogP contribution in [-0.4, -0.2) is 37.6 Å². The number of rotatable bonds is 5. The molecule has 1 aliphatic heterocycles. The Morgan fingerprint density at radius 2 is 2.00 bits per heavy atom. The molecule has 3 N–H and O–H groups in total. The Balaban J connectivity index is 1.47. The van der Waals surface area contributed by atoms with Gasteiger partial charge in [0.2, 0.25) is 0 Å².